The molecule has 4 heteroatoms. The Morgan fingerprint density at radius 1 is 1.46 bits per heavy atom. The van der Waals surface area contributed by atoms with Crippen molar-refractivity contribution in [1.82, 2.24) is 4.98 Å². The van der Waals surface area contributed by atoms with E-state index < -0.39 is 0 Å². The van der Waals surface area contributed by atoms with Crippen LogP contribution in [0.25, 0.3) is 0 Å². The second-order valence-electron chi connectivity index (χ2n) is 2.86. The molecule has 0 aliphatic carbocycles. The van der Waals surface area contributed by atoms with E-state index in [-0.39, 0.29) is 11.4 Å². The molecule has 0 aliphatic rings. The molecule has 1 aromatic rings. The van der Waals surface area contributed by atoms with Gasteiger partial charge in [-0.15, -0.1) is 11.8 Å². The fourth-order valence-corrected chi connectivity index (χ4v) is 1.84. The van der Waals surface area contributed by atoms with Crippen LogP contribution in [0.3, 0.4) is 0 Å². The van der Waals surface area contributed by atoms with Gasteiger partial charge in [0.2, 0.25) is 0 Å². The van der Waals surface area contributed by atoms with E-state index in [1.165, 1.54) is 11.8 Å². The molecule has 1 N–H and O–H groups in total. The molecule has 0 amide bonds. The lowest BCUT2D eigenvalue weighted by atomic mass is 10.3. The number of thioether (sulfide) groups is 1. The summed E-state index contributed by atoms with van der Waals surface area (Å²) in [6.07, 6.45) is -0.342. The normalized spacial score (nSPS) is 15.4. The van der Waals surface area contributed by atoms with Crippen LogP contribution >= 0.6 is 23.4 Å². The van der Waals surface area contributed by atoms with Crippen molar-refractivity contribution < 1.29 is 5.11 Å². The highest BCUT2D eigenvalue weighted by Gasteiger charge is 2.10. The lowest BCUT2D eigenvalue weighted by Gasteiger charge is -2.12. The number of halogens is 1. The Labute approximate surface area is 87.3 Å². The highest BCUT2D eigenvalue weighted by atomic mass is 35.5. The minimum Gasteiger partial charge on any atom is -0.392 e. The Balaban J connectivity index is 2.64. The van der Waals surface area contributed by atoms with Gasteiger partial charge in [0.1, 0.15) is 5.15 Å². The van der Waals surface area contributed by atoms with Crippen molar-refractivity contribution in [2.75, 3.05) is 0 Å². The first kappa shape index (κ1) is 10.8. The van der Waals surface area contributed by atoms with Gasteiger partial charge in [-0.25, -0.2) is 4.98 Å². The Morgan fingerprint density at radius 2 is 2.15 bits per heavy atom. The van der Waals surface area contributed by atoms with Crippen LogP contribution < -0.4 is 0 Å². The molecule has 0 fully saturated rings. The van der Waals surface area contributed by atoms with Gasteiger partial charge in [0.25, 0.3) is 0 Å². The van der Waals surface area contributed by atoms with Gasteiger partial charge in [-0.2, -0.15) is 0 Å². The Kier molecular flexibility index (Phi) is 4.03. The highest BCUT2D eigenvalue weighted by molar-refractivity contribution is 7.99. The fraction of sp³-hybridized carbons (Fsp3) is 0.444. The third-order valence-electron chi connectivity index (χ3n) is 1.68. The van der Waals surface area contributed by atoms with Gasteiger partial charge < -0.3 is 5.11 Å². The van der Waals surface area contributed by atoms with Gasteiger partial charge in [-0.05, 0) is 19.1 Å². The van der Waals surface area contributed by atoms with Crippen LogP contribution in [0.5, 0.6) is 0 Å². The van der Waals surface area contributed by atoms with Crippen molar-refractivity contribution in [2.24, 2.45) is 0 Å². The van der Waals surface area contributed by atoms with E-state index in [2.05, 4.69) is 4.98 Å². The van der Waals surface area contributed by atoms with Gasteiger partial charge >= 0.3 is 0 Å². The third-order valence-corrected chi connectivity index (χ3v) is 3.12. The van der Waals surface area contributed by atoms with E-state index in [1.54, 1.807) is 13.0 Å². The van der Waals surface area contributed by atoms with Crippen LogP contribution in [0.1, 0.15) is 13.8 Å². The van der Waals surface area contributed by atoms with Crippen molar-refractivity contribution in [2.45, 2.75) is 30.2 Å². The molecule has 2 nitrogen and oxygen atoms in total. The monoisotopic (exact) mass is 217 g/mol. The second kappa shape index (κ2) is 4.84. The summed E-state index contributed by atoms with van der Waals surface area (Å²) < 4.78 is 0. The van der Waals surface area contributed by atoms with E-state index in [0.29, 0.717) is 5.15 Å². The van der Waals surface area contributed by atoms with E-state index >= 15 is 0 Å². The standard InChI is InChI=1S/C9H12ClNOS/c1-6(12)7(2)13-9-5-3-4-8(10)11-9/h3-7,12H,1-2H3. The molecule has 2 unspecified atom stereocenters. The summed E-state index contributed by atoms with van der Waals surface area (Å²) in [5.41, 5.74) is 0. The van der Waals surface area contributed by atoms with Gasteiger partial charge in [-0.3, -0.25) is 0 Å². The predicted molar refractivity (Wildman–Crippen MR) is 56.2 cm³/mol. The van der Waals surface area contributed by atoms with Crippen LogP contribution in [0.15, 0.2) is 23.2 Å². The Hall–Kier alpha value is -0.250. The van der Waals surface area contributed by atoms with E-state index in [0.717, 1.165) is 5.03 Å². The lowest BCUT2D eigenvalue weighted by Crippen LogP contribution is -2.15. The number of hydrogen-bond acceptors (Lipinski definition) is 3. The number of rotatable bonds is 3. The third kappa shape index (κ3) is 3.55. The second-order valence-corrected chi connectivity index (χ2v) is 4.65. The maximum Gasteiger partial charge on any atom is 0.130 e. The lowest BCUT2D eigenvalue weighted by molar-refractivity contribution is 0.196. The molecule has 0 aliphatic heterocycles. The van der Waals surface area contributed by atoms with Gasteiger partial charge in [0.15, 0.2) is 0 Å². The SMILES string of the molecule is CC(O)C(C)Sc1cccc(Cl)n1. The summed E-state index contributed by atoms with van der Waals surface area (Å²) in [5.74, 6) is 0. The maximum atomic E-state index is 9.27. The molecule has 0 aromatic carbocycles. The van der Waals surface area contributed by atoms with E-state index in [4.69, 9.17) is 11.6 Å². The molecule has 2 atom stereocenters. The van der Waals surface area contributed by atoms with Crippen LogP contribution in [0.2, 0.25) is 5.15 Å². The molecule has 0 saturated heterocycles. The first-order valence-electron chi connectivity index (χ1n) is 4.07. The average Bonchev–Trinajstić information content (AvgIpc) is 2.04. The number of hydrogen-bond donors (Lipinski definition) is 1. The van der Waals surface area contributed by atoms with Crippen LogP contribution in [-0.2, 0) is 0 Å². The van der Waals surface area contributed by atoms with Crippen molar-refractivity contribution >= 4 is 23.4 Å². The summed E-state index contributed by atoms with van der Waals surface area (Å²) in [5, 5.41) is 10.7. The number of pyridine rings is 1. The Bertz CT molecular complexity index is 280. The zero-order valence-electron chi connectivity index (χ0n) is 7.57. The Morgan fingerprint density at radius 3 is 2.69 bits per heavy atom. The number of aliphatic hydroxyl groups excluding tert-OH is 1. The zero-order chi connectivity index (χ0) is 9.84. The average molecular weight is 218 g/mol. The molecule has 1 rings (SSSR count). The molecule has 1 aromatic heterocycles. The fourth-order valence-electron chi connectivity index (χ4n) is 0.744. The van der Waals surface area contributed by atoms with Crippen molar-refractivity contribution in [3.63, 3.8) is 0 Å². The van der Waals surface area contributed by atoms with Gasteiger partial charge in [0.05, 0.1) is 11.1 Å². The topological polar surface area (TPSA) is 33.1 Å². The summed E-state index contributed by atoms with van der Waals surface area (Å²) in [6, 6.07) is 5.47. The van der Waals surface area contributed by atoms with Gasteiger partial charge in [-0.1, -0.05) is 24.6 Å². The number of aromatic nitrogens is 1. The number of nitrogens with zero attached hydrogens (tertiary/aromatic N) is 1. The molecule has 0 bridgehead atoms. The zero-order valence-corrected chi connectivity index (χ0v) is 9.14. The largest absolute Gasteiger partial charge is 0.392 e. The molecule has 13 heavy (non-hydrogen) atoms. The van der Waals surface area contributed by atoms with Crippen LogP contribution in [0.4, 0.5) is 0 Å². The smallest absolute Gasteiger partial charge is 0.130 e. The first-order chi connectivity index (χ1) is 6.09. The molecular weight excluding hydrogens is 206 g/mol. The summed E-state index contributed by atoms with van der Waals surface area (Å²) in [4.78, 5) is 4.11. The van der Waals surface area contributed by atoms with Crippen LogP contribution in [-0.4, -0.2) is 21.4 Å². The van der Waals surface area contributed by atoms with Crippen molar-refractivity contribution in [3.8, 4) is 0 Å². The van der Waals surface area contributed by atoms with E-state index in [9.17, 15) is 5.11 Å². The quantitative estimate of drug-likeness (QED) is 0.624. The minimum absolute atomic E-state index is 0.131. The summed E-state index contributed by atoms with van der Waals surface area (Å²) in [7, 11) is 0. The van der Waals surface area contributed by atoms with E-state index in [1.807, 2.05) is 19.1 Å². The maximum absolute atomic E-state index is 9.27. The molecule has 1 heterocycles. The minimum atomic E-state index is -0.342. The molecule has 0 saturated carbocycles. The highest BCUT2D eigenvalue weighted by Crippen LogP contribution is 2.24. The first-order valence-corrected chi connectivity index (χ1v) is 5.32. The molecular formula is C9H12ClNOS. The molecule has 0 radical (unpaired) electrons. The van der Waals surface area contributed by atoms with Gasteiger partial charge in [0, 0.05) is 5.25 Å². The number of aliphatic hydroxyl groups is 1. The molecule has 72 valence electrons. The summed E-state index contributed by atoms with van der Waals surface area (Å²) in [6.45, 7) is 3.72. The van der Waals surface area contributed by atoms with Crippen molar-refractivity contribution in [1.29, 1.82) is 0 Å². The predicted octanol–water partition coefficient (Wildman–Crippen LogP) is 2.60. The summed E-state index contributed by atoms with van der Waals surface area (Å²) >= 11 is 7.24. The van der Waals surface area contributed by atoms with Crippen LogP contribution in [0, 0.1) is 0 Å². The van der Waals surface area contributed by atoms with Crippen molar-refractivity contribution in [3.05, 3.63) is 23.4 Å². The molecule has 0 spiro atoms.